The molecule has 8 nitrogen and oxygen atoms in total. The third kappa shape index (κ3) is 4.98. The molecule has 3 rings (SSSR count). The number of piperidine rings is 1. The van der Waals surface area contributed by atoms with Crippen molar-refractivity contribution in [3.8, 4) is 5.75 Å². The number of carbonyl (C=O) groups excluding carboxylic acids is 1. The van der Waals surface area contributed by atoms with Crippen LogP contribution in [0.2, 0.25) is 0 Å². The summed E-state index contributed by atoms with van der Waals surface area (Å²) >= 11 is 0. The van der Waals surface area contributed by atoms with Crippen molar-refractivity contribution in [1.29, 1.82) is 0 Å². The van der Waals surface area contributed by atoms with E-state index >= 15 is 0 Å². The van der Waals surface area contributed by atoms with E-state index in [4.69, 9.17) is 15.2 Å². The number of hydrogen-bond acceptors (Lipinski definition) is 7. The van der Waals surface area contributed by atoms with E-state index in [1.54, 1.807) is 13.3 Å². The fourth-order valence-corrected chi connectivity index (χ4v) is 3.84. The summed E-state index contributed by atoms with van der Waals surface area (Å²) in [5.41, 5.74) is 5.98. The molecule has 0 saturated carbocycles. The van der Waals surface area contributed by atoms with E-state index in [0.29, 0.717) is 17.5 Å². The zero-order valence-electron chi connectivity index (χ0n) is 17.5. The molecule has 2 saturated heterocycles. The number of nitrogen functional groups attached to an aromatic ring is 1. The van der Waals surface area contributed by atoms with E-state index in [1.165, 1.54) is 0 Å². The molecule has 2 fully saturated rings. The minimum Gasteiger partial charge on any atom is -0.494 e. The van der Waals surface area contributed by atoms with Crippen LogP contribution >= 0.6 is 0 Å². The number of aromatic nitrogens is 1. The van der Waals surface area contributed by atoms with Gasteiger partial charge in [0.1, 0.15) is 17.2 Å². The molecule has 0 spiro atoms. The van der Waals surface area contributed by atoms with Crippen molar-refractivity contribution in [2.45, 2.75) is 45.3 Å². The van der Waals surface area contributed by atoms with Gasteiger partial charge in [-0.25, -0.2) is 9.78 Å². The first kappa shape index (κ1) is 20.5. The van der Waals surface area contributed by atoms with Crippen molar-refractivity contribution in [3.05, 3.63) is 12.3 Å². The Balaban J connectivity index is 1.48. The third-order valence-corrected chi connectivity index (χ3v) is 5.37. The second-order valence-electron chi connectivity index (χ2n) is 8.51. The van der Waals surface area contributed by atoms with Gasteiger partial charge in [-0.15, -0.1) is 0 Å². The Labute approximate surface area is 167 Å². The molecule has 1 amide bonds. The van der Waals surface area contributed by atoms with Crippen LogP contribution in [0.3, 0.4) is 0 Å². The largest absolute Gasteiger partial charge is 0.494 e. The first-order valence-corrected chi connectivity index (χ1v) is 10.0. The lowest BCUT2D eigenvalue weighted by Crippen LogP contribution is -2.55. The first-order chi connectivity index (χ1) is 13.3. The van der Waals surface area contributed by atoms with E-state index in [1.807, 2.05) is 31.7 Å². The number of hydrogen-bond donors (Lipinski definition) is 1. The molecule has 0 radical (unpaired) electrons. The van der Waals surface area contributed by atoms with Gasteiger partial charge in [-0.2, -0.15) is 0 Å². The van der Waals surface area contributed by atoms with Crippen LogP contribution in [0, 0.1) is 0 Å². The topological polar surface area (TPSA) is 84.2 Å². The molecule has 28 heavy (non-hydrogen) atoms. The Kier molecular flexibility index (Phi) is 6.17. The fraction of sp³-hybridized carbons (Fsp3) is 0.700. The normalized spacial score (nSPS) is 19.6. The molecule has 2 N–H and O–H groups in total. The third-order valence-electron chi connectivity index (χ3n) is 5.37. The highest BCUT2D eigenvalue weighted by Crippen LogP contribution is 2.28. The van der Waals surface area contributed by atoms with Crippen molar-refractivity contribution in [2.75, 3.05) is 57.0 Å². The number of nitrogens with zero attached hydrogens (tertiary/aromatic N) is 4. The predicted molar refractivity (Wildman–Crippen MR) is 110 cm³/mol. The molecule has 0 bridgehead atoms. The SMILES string of the molecule is COc1cc(N2CCC(N3CCN(C(=O)OC(C)(C)C)CC3)CC2)ncc1N. The molecule has 0 aliphatic carbocycles. The molecule has 0 aromatic carbocycles. The molecule has 1 aromatic heterocycles. The van der Waals surface area contributed by atoms with Crippen LogP contribution in [0.5, 0.6) is 5.75 Å². The number of piperazine rings is 1. The highest BCUT2D eigenvalue weighted by Gasteiger charge is 2.31. The van der Waals surface area contributed by atoms with Crippen molar-refractivity contribution < 1.29 is 14.3 Å². The second kappa shape index (κ2) is 8.43. The zero-order chi connectivity index (χ0) is 20.3. The van der Waals surface area contributed by atoms with Crippen LogP contribution in [0.4, 0.5) is 16.3 Å². The second-order valence-corrected chi connectivity index (χ2v) is 8.51. The summed E-state index contributed by atoms with van der Waals surface area (Å²) in [5.74, 6) is 1.59. The number of anilines is 2. The van der Waals surface area contributed by atoms with E-state index in [2.05, 4.69) is 14.8 Å². The van der Waals surface area contributed by atoms with Crippen molar-refractivity contribution in [3.63, 3.8) is 0 Å². The molecule has 2 aliphatic heterocycles. The Bertz CT molecular complexity index is 675. The molecular formula is C20H33N5O3. The summed E-state index contributed by atoms with van der Waals surface area (Å²) in [7, 11) is 1.62. The quantitative estimate of drug-likeness (QED) is 0.845. The van der Waals surface area contributed by atoms with Gasteiger partial charge >= 0.3 is 6.09 Å². The molecule has 0 unspecified atom stereocenters. The minimum absolute atomic E-state index is 0.203. The number of pyridine rings is 1. The summed E-state index contributed by atoms with van der Waals surface area (Å²) < 4.78 is 10.8. The van der Waals surface area contributed by atoms with E-state index < -0.39 is 5.60 Å². The maximum atomic E-state index is 12.2. The Hall–Kier alpha value is -2.22. The van der Waals surface area contributed by atoms with Gasteiger partial charge in [0.15, 0.2) is 0 Å². The van der Waals surface area contributed by atoms with Crippen LogP contribution < -0.4 is 15.4 Å². The van der Waals surface area contributed by atoms with E-state index in [9.17, 15) is 4.79 Å². The summed E-state index contributed by atoms with van der Waals surface area (Å²) in [6.07, 6.45) is 3.63. The first-order valence-electron chi connectivity index (χ1n) is 10.0. The molecule has 8 heteroatoms. The summed E-state index contributed by atoms with van der Waals surface area (Å²) in [5, 5.41) is 0. The minimum atomic E-state index is -0.445. The van der Waals surface area contributed by atoms with Crippen molar-refractivity contribution in [2.24, 2.45) is 0 Å². The molecule has 156 valence electrons. The van der Waals surface area contributed by atoms with Crippen LogP contribution in [0.15, 0.2) is 12.3 Å². The van der Waals surface area contributed by atoms with Gasteiger partial charge in [-0.1, -0.05) is 0 Å². The number of rotatable bonds is 3. The Morgan fingerprint density at radius 2 is 1.79 bits per heavy atom. The lowest BCUT2D eigenvalue weighted by atomic mass is 10.0. The molecule has 1 aromatic rings. The lowest BCUT2D eigenvalue weighted by Gasteiger charge is -2.43. The zero-order valence-corrected chi connectivity index (χ0v) is 17.5. The van der Waals surface area contributed by atoms with Crippen molar-refractivity contribution >= 4 is 17.6 Å². The Morgan fingerprint density at radius 3 is 2.36 bits per heavy atom. The van der Waals surface area contributed by atoms with Gasteiger partial charge in [-0.05, 0) is 33.6 Å². The Morgan fingerprint density at radius 1 is 1.14 bits per heavy atom. The van der Waals surface area contributed by atoms with Crippen LogP contribution in [-0.2, 0) is 4.74 Å². The highest BCUT2D eigenvalue weighted by molar-refractivity contribution is 5.68. The number of amides is 1. The number of methoxy groups -OCH3 is 1. The highest BCUT2D eigenvalue weighted by atomic mass is 16.6. The summed E-state index contributed by atoms with van der Waals surface area (Å²) in [6.45, 7) is 10.9. The number of ether oxygens (including phenoxy) is 2. The monoisotopic (exact) mass is 391 g/mol. The summed E-state index contributed by atoms with van der Waals surface area (Å²) in [6, 6.07) is 2.46. The van der Waals surface area contributed by atoms with E-state index in [0.717, 1.165) is 57.9 Å². The van der Waals surface area contributed by atoms with Gasteiger partial charge in [0.25, 0.3) is 0 Å². The van der Waals surface area contributed by atoms with Crippen LogP contribution in [-0.4, -0.2) is 78.9 Å². The van der Waals surface area contributed by atoms with E-state index in [-0.39, 0.29) is 6.09 Å². The average molecular weight is 392 g/mol. The molecule has 0 atom stereocenters. The molecule has 3 heterocycles. The van der Waals surface area contributed by atoms with Gasteiger partial charge < -0.3 is 25.0 Å². The van der Waals surface area contributed by atoms with Gasteiger partial charge in [0.2, 0.25) is 0 Å². The number of carbonyl (C=O) groups is 1. The fourth-order valence-electron chi connectivity index (χ4n) is 3.84. The lowest BCUT2D eigenvalue weighted by molar-refractivity contribution is 0.00901. The van der Waals surface area contributed by atoms with Gasteiger partial charge in [0, 0.05) is 51.4 Å². The number of nitrogens with two attached hydrogens (primary N) is 1. The standard InChI is InChI=1S/C20H33N5O3/c1-20(2,3)28-19(26)25-11-9-23(10-12-25)15-5-7-24(8-6-15)18-13-17(27-4)16(21)14-22-18/h13-15H,5-12,21H2,1-4H3. The van der Waals surface area contributed by atoms with Crippen LogP contribution in [0.25, 0.3) is 0 Å². The van der Waals surface area contributed by atoms with Gasteiger partial charge in [0.05, 0.1) is 19.0 Å². The molecule has 2 aliphatic rings. The summed E-state index contributed by atoms with van der Waals surface area (Å²) in [4.78, 5) is 23.3. The van der Waals surface area contributed by atoms with Crippen molar-refractivity contribution in [1.82, 2.24) is 14.8 Å². The maximum Gasteiger partial charge on any atom is 0.410 e. The smallest absolute Gasteiger partial charge is 0.410 e. The van der Waals surface area contributed by atoms with Gasteiger partial charge in [-0.3, -0.25) is 4.90 Å². The average Bonchev–Trinajstić information content (AvgIpc) is 2.67. The van der Waals surface area contributed by atoms with Crippen LogP contribution in [0.1, 0.15) is 33.6 Å². The maximum absolute atomic E-state index is 12.2. The molecular weight excluding hydrogens is 358 g/mol. The predicted octanol–water partition coefficient (Wildman–Crippen LogP) is 2.19.